The Morgan fingerprint density at radius 3 is 2.37 bits per heavy atom. The molecule has 0 radical (unpaired) electrons. The Labute approximate surface area is 182 Å². The molecule has 2 aromatic carbocycles. The molecule has 3 aromatic rings. The van der Waals surface area contributed by atoms with Gasteiger partial charge in [-0.25, -0.2) is 0 Å². The Bertz CT molecular complexity index is 1070. The summed E-state index contributed by atoms with van der Waals surface area (Å²) < 4.78 is 7.04. The predicted octanol–water partition coefficient (Wildman–Crippen LogP) is 5.15. The van der Waals surface area contributed by atoms with Gasteiger partial charge in [-0.15, -0.1) is 0 Å². The number of nitrogens with one attached hydrogen (secondary N) is 1. The summed E-state index contributed by atoms with van der Waals surface area (Å²) in [6, 6.07) is 12.5. The van der Waals surface area contributed by atoms with Gasteiger partial charge < -0.3 is 10.1 Å². The third-order valence-electron chi connectivity index (χ3n) is 5.52. The number of aromatic nitrogens is 1. The highest BCUT2D eigenvalue weighted by Gasteiger charge is 2.22. The average Bonchev–Trinajstić information content (AvgIpc) is 3.02. The van der Waals surface area contributed by atoms with Crippen LogP contribution in [0, 0.1) is 6.92 Å². The maximum Gasteiger partial charge on any atom is 0.262 e. The molecule has 0 spiro atoms. The van der Waals surface area contributed by atoms with Crippen molar-refractivity contribution in [3.8, 4) is 5.75 Å². The third-order valence-corrected chi connectivity index (χ3v) is 5.78. The Balaban J connectivity index is 2.08. The van der Waals surface area contributed by atoms with Crippen molar-refractivity contribution in [3.63, 3.8) is 0 Å². The van der Waals surface area contributed by atoms with Crippen molar-refractivity contribution >= 4 is 34.3 Å². The molecule has 0 atom stereocenters. The molecule has 5 nitrogen and oxygen atoms in total. The van der Waals surface area contributed by atoms with E-state index in [-0.39, 0.29) is 24.3 Å². The van der Waals surface area contributed by atoms with Crippen molar-refractivity contribution in [3.05, 3.63) is 64.3 Å². The van der Waals surface area contributed by atoms with E-state index in [2.05, 4.69) is 19.2 Å². The zero-order valence-corrected chi connectivity index (χ0v) is 18.5. The van der Waals surface area contributed by atoms with E-state index in [9.17, 15) is 9.59 Å². The summed E-state index contributed by atoms with van der Waals surface area (Å²) in [6.45, 7) is 5.99. The molecule has 30 heavy (non-hydrogen) atoms. The first-order valence-corrected chi connectivity index (χ1v) is 10.5. The van der Waals surface area contributed by atoms with Crippen LogP contribution in [-0.2, 0) is 11.2 Å². The van der Waals surface area contributed by atoms with Crippen LogP contribution in [0.5, 0.6) is 5.75 Å². The lowest BCUT2D eigenvalue weighted by atomic mass is 10.1. The molecule has 0 aliphatic carbocycles. The van der Waals surface area contributed by atoms with E-state index >= 15 is 0 Å². The molecule has 3 rings (SSSR count). The summed E-state index contributed by atoms with van der Waals surface area (Å²) in [5.41, 5.74) is 2.86. The van der Waals surface area contributed by atoms with E-state index in [1.165, 1.54) is 0 Å². The van der Waals surface area contributed by atoms with Crippen LogP contribution in [-0.4, -0.2) is 29.5 Å². The second-order valence-electron chi connectivity index (χ2n) is 7.35. The van der Waals surface area contributed by atoms with Gasteiger partial charge in [0.15, 0.2) is 0 Å². The van der Waals surface area contributed by atoms with Gasteiger partial charge in [0.25, 0.3) is 5.91 Å². The minimum Gasteiger partial charge on any atom is -0.497 e. The van der Waals surface area contributed by atoms with E-state index < -0.39 is 0 Å². The number of rotatable bonds is 7. The zero-order valence-electron chi connectivity index (χ0n) is 17.8. The SMILES string of the molecule is CCC(CC)NC(=O)Cc1c(C)n(C(=O)c2ccc(Cl)cc2)c2ccc(OC)cc12. The van der Waals surface area contributed by atoms with Gasteiger partial charge in [-0.2, -0.15) is 0 Å². The van der Waals surface area contributed by atoms with Gasteiger partial charge in [0.1, 0.15) is 5.75 Å². The van der Waals surface area contributed by atoms with Gasteiger partial charge in [0, 0.05) is 27.7 Å². The molecule has 158 valence electrons. The average molecular weight is 427 g/mol. The fraction of sp³-hybridized carbons (Fsp3) is 0.333. The van der Waals surface area contributed by atoms with Crippen molar-refractivity contribution < 1.29 is 14.3 Å². The summed E-state index contributed by atoms with van der Waals surface area (Å²) in [4.78, 5) is 26.0. The second-order valence-corrected chi connectivity index (χ2v) is 7.79. The van der Waals surface area contributed by atoms with Crippen molar-refractivity contribution in [2.24, 2.45) is 0 Å². The number of ether oxygens (including phenoxy) is 1. The summed E-state index contributed by atoms with van der Waals surface area (Å²) in [5.74, 6) is 0.471. The van der Waals surface area contributed by atoms with Crippen LogP contribution in [0.15, 0.2) is 42.5 Å². The molecule has 0 aliphatic rings. The number of methoxy groups -OCH3 is 1. The highest BCUT2D eigenvalue weighted by atomic mass is 35.5. The molecule has 0 aliphatic heterocycles. The van der Waals surface area contributed by atoms with Crippen molar-refractivity contribution in [1.29, 1.82) is 0 Å². The smallest absolute Gasteiger partial charge is 0.262 e. The fourth-order valence-corrected chi connectivity index (χ4v) is 3.85. The second kappa shape index (κ2) is 9.35. The topological polar surface area (TPSA) is 60.3 Å². The van der Waals surface area contributed by atoms with Gasteiger partial charge >= 0.3 is 0 Å². The molecule has 0 saturated carbocycles. The van der Waals surface area contributed by atoms with Gasteiger partial charge in [0.2, 0.25) is 5.91 Å². The Kier molecular flexibility index (Phi) is 6.83. The van der Waals surface area contributed by atoms with Crippen LogP contribution in [0.25, 0.3) is 10.9 Å². The normalized spacial score (nSPS) is 11.1. The van der Waals surface area contributed by atoms with Gasteiger partial charge in [-0.05, 0) is 67.8 Å². The van der Waals surface area contributed by atoms with E-state index in [0.717, 1.165) is 35.0 Å². The number of nitrogens with zero attached hydrogens (tertiary/aromatic N) is 1. The first-order valence-electron chi connectivity index (χ1n) is 10.2. The Hall–Kier alpha value is -2.79. The minimum atomic E-state index is -0.161. The van der Waals surface area contributed by atoms with E-state index in [1.807, 2.05) is 25.1 Å². The van der Waals surface area contributed by atoms with E-state index in [1.54, 1.807) is 35.9 Å². The fourth-order valence-electron chi connectivity index (χ4n) is 3.73. The van der Waals surface area contributed by atoms with Crippen LogP contribution >= 0.6 is 11.6 Å². The minimum absolute atomic E-state index is 0.0485. The Morgan fingerprint density at radius 1 is 1.10 bits per heavy atom. The molecule has 1 N–H and O–H groups in total. The molecule has 1 amide bonds. The van der Waals surface area contributed by atoms with Crippen LogP contribution in [0.3, 0.4) is 0 Å². The highest BCUT2D eigenvalue weighted by Crippen LogP contribution is 2.31. The number of hydrogen-bond acceptors (Lipinski definition) is 3. The zero-order chi connectivity index (χ0) is 21.8. The molecule has 1 heterocycles. The molecule has 0 saturated heterocycles. The molecular formula is C24H27ClN2O3. The first-order chi connectivity index (χ1) is 14.4. The number of amides is 1. The van der Waals surface area contributed by atoms with Crippen molar-refractivity contribution in [1.82, 2.24) is 9.88 Å². The standard InChI is InChI=1S/C24H27ClN2O3/c1-5-18(6-2)26-23(28)14-20-15(3)27(22-12-11-19(30-4)13-21(20)22)24(29)16-7-9-17(25)10-8-16/h7-13,18H,5-6,14H2,1-4H3,(H,26,28). The molecule has 6 heteroatoms. The molecule has 0 unspecified atom stereocenters. The number of benzene rings is 2. The first kappa shape index (κ1) is 21.9. The molecular weight excluding hydrogens is 400 g/mol. The lowest BCUT2D eigenvalue weighted by Gasteiger charge is -2.15. The van der Waals surface area contributed by atoms with Crippen molar-refractivity contribution in [2.45, 2.75) is 46.1 Å². The van der Waals surface area contributed by atoms with Crippen LogP contribution in [0.2, 0.25) is 5.02 Å². The van der Waals surface area contributed by atoms with Crippen LogP contribution in [0.4, 0.5) is 0 Å². The van der Waals surface area contributed by atoms with E-state index in [4.69, 9.17) is 16.3 Å². The molecule has 0 bridgehead atoms. The van der Waals surface area contributed by atoms with Crippen LogP contribution in [0.1, 0.15) is 48.3 Å². The quantitative estimate of drug-likeness (QED) is 0.568. The van der Waals surface area contributed by atoms with Crippen LogP contribution < -0.4 is 10.1 Å². The summed E-state index contributed by atoms with van der Waals surface area (Å²) >= 11 is 5.97. The molecule has 0 fully saturated rings. The van der Waals surface area contributed by atoms with E-state index in [0.29, 0.717) is 16.3 Å². The number of halogens is 1. The maximum absolute atomic E-state index is 13.3. The Morgan fingerprint density at radius 2 is 1.77 bits per heavy atom. The number of carbonyl (C=O) groups is 2. The lowest BCUT2D eigenvalue weighted by Crippen LogP contribution is -2.35. The van der Waals surface area contributed by atoms with Gasteiger partial charge in [-0.3, -0.25) is 14.2 Å². The van der Waals surface area contributed by atoms with Crippen molar-refractivity contribution in [2.75, 3.05) is 7.11 Å². The van der Waals surface area contributed by atoms with Gasteiger partial charge in [-0.1, -0.05) is 25.4 Å². The summed E-state index contributed by atoms with van der Waals surface area (Å²) in [5, 5.41) is 4.50. The molecule has 1 aromatic heterocycles. The largest absolute Gasteiger partial charge is 0.497 e. The monoisotopic (exact) mass is 426 g/mol. The summed E-state index contributed by atoms with van der Waals surface area (Å²) in [6.07, 6.45) is 1.96. The van der Waals surface area contributed by atoms with Gasteiger partial charge in [0.05, 0.1) is 19.0 Å². The lowest BCUT2D eigenvalue weighted by molar-refractivity contribution is -0.121. The maximum atomic E-state index is 13.3. The number of carbonyl (C=O) groups excluding carboxylic acids is 2. The third kappa shape index (κ3) is 4.36. The number of fused-ring (bicyclic) bond motifs is 1. The predicted molar refractivity (Wildman–Crippen MR) is 121 cm³/mol. The highest BCUT2D eigenvalue weighted by molar-refractivity contribution is 6.30. The summed E-state index contributed by atoms with van der Waals surface area (Å²) in [7, 11) is 1.60. The number of hydrogen-bond donors (Lipinski definition) is 1.